The van der Waals surface area contributed by atoms with Crippen LogP contribution in [0.1, 0.15) is 105 Å². The standard InChI is InChI=1S/C30H50O4/c1-19(2)23-10-6-21(7-11-23)17-33-28(31)26-25-14-15-30(5,16-25)27(26)29(32)34-18-22-8-12-24(13-9-22)20(3)4/h19-27H,6-18H2,1-5H3. The molecule has 0 N–H and O–H groups in total. The molecule has 0 amide bonds. The maximum atomic E-state index is 13.3. The molecule has 4 fully saturated rings. The Labute approximate surface area is 208 Å². The van der Waals surface area contributed by atoms with Gasteiger partial charge in [0.05, 0.1) is 25.0 Å². The molecule has 4 aliphatic carbocycles. The summed E-state index contributed by atoms with van der Waals surface area (Å²) in [6, 6.07) is 0. The van der Waals surface area contributed by atoms with Gasteiger partial charge in [-0.3, -0.25) is 9.59 Å². The number of carbonyl (C=O) groups is 2. The summed E-state index contributed by atoms with van der Waals surface area (Å²) in [5, 5.41) is 0. The zero-order chi connectivity index (χ0) is 24.5. The predicted octanol–water partition coefficient (Wildman–Crippen LogP) is 7.05. The molecule has 4 nitrogen and oxygen atoms in total. The molecule has 0 aromatic carbocycles. The van der Waals surface area contributed by atoms with Crippen molar-refractivity contribution >= 4 is 11.9 Å². The first-order valence-corrected chi connectivity index (χ1v) is 14.5. The third-order valence-corrected chi connectivity index (χ3v) is 10.5. The molecule has 2 bridgehead atoms. The molecule has 34 heavy (non-hydrogen) atoms. The fourth-order valence-corrected chi connectivity index (χ4v) is 8.00. The minimum atomic E-state index is -0.317. The highest BCUT2D eigenvalue weighted by Crippen LogP contribution is 2.61. The second kappa shape index (κ2) is 10.9. The van der Waals surface area contributed by atoms with Gasteiger partial charge in [0, 0.05) is 0 Å². The first-order valence-electron chi connectivity index (χ1n) is 14.5. The Morgan fingerprint density at radius 3 is 1.68 bits per heavy atom. The molecular weight excluding hydrogens is 424 g/mol. The van der Waals surface area contributed by atoms with Crippen LogP contribution in [-0.2, 0) is 19.1 Å². The molecule has 4 atom stereocenters. The highest BCUT2D eigenvalue weighted by molar-refractivity contribution is 5.84. The van der Waals surface area contributed by atoms with Crippen LogP contribution in [0.15, 0.2) is 0 Å². The minimum Gasteiger partial charge on any atom is -0.465 e. The van der Waals surface area contributed by atoms with Crippen LogP contribution in [0.5, 0.6) is 0 Å². The molecular formula is C30H50O4. The molecule has 0 spiro atoms. The maximum absolute atomic E-state index is 13.3. The van der Waals surface area contributed by atoms with E-state index in [1.165, 1.54) is 25.7 Å². The van der Waals surface area contributed by atoms with E-state index in [0.717, 1.165) is 68.6 Å². The van der Waals surface area contributed by atoms with Crippen molar-refractivity contribution < 1.29 is 19.1 Å². The van der Waals surface area contributed by atoms with Gasteiger partial charge in [0.15, 0.2) is 0 Å². The molecule has 4 rings (SSSR count). The van der Waals surface area contributed by atoms with E-state index in [1.807, 2.05) is 0 Å². The van der Waals surface area contributed by atoms with E-state index in [2.05, 4.69) is 34.6 Å². The molecule has 0 heterocycles. The average molecular weight is 475 g/mol. The van der Waals surface area contributed by atoms with Crippen molar-refractivity contribution in [1.29, 1.82) is 0 Å². The third-order valence-electron chi connectivity index (χ3n) is 10.5. The van der Waals surface area contributed by atoms with Crippen molar-refractivity contribution in [3.05, 3.63) is 0 Å². The highest BCUT2D eigenvalue weighted by atomic mass is 16.5. The molecule has 4 saturated carbocycles. The Kier molecular flexibility index (Phi) is 8.35. The molecule has 0 saturated heterocycles. The summed E-state index contributed by atoms with van der Waals surface area (Å²) in [5.41, 5.74) is -0.101. The van der Waals surface area contributed by atoms with Gasteiger partial charge in [-0.2, -0.15) is 0 Å². The zero-order valence-electron chi connectivity index (χ0n) is 22.5. The van der Waals surface area contributed by atoms with Crippen LogP contribution >= 0.6 is 0 Å². The van der Waals surface area contributed by atoms with Gasteiger partial charge >= 0.3 is 11.9 Å². The maximum Gasteiger partial charge on any atom is 0.310 e. The second-order valence-electron chi connectivity index (χ2n) is 13.5. The van der Waals surface area contributed by atoms with Crippen LogP contribution < -0.4 is 0 Å². The average Bonchev–Trinajstić information content (AvgIpc) is 3.35. The van der Waals surface area contributed by atoms with Gasteiger partial charge in [-0.25, -0.2) is 0 Å². The van der Waals surface area contributed by atoms with Gasteiger partial charge in [-0.15, -0.1) is 0 Å². The van der Waals surface area contributed by atoms with Crippen molar-refractivity contribution in [3.63, 3.8) is 0 Å². The van der Waals surface area contributed by atoms with E-state index in [4.69, 9.17) is 9.47 Å². The van der Waals surface area contributed by atoms with Crippen LogP contribution in [0.4, 0.5) is 0 Å². The van der Waals surface area contributed by atoms with E-state index in [9.17, 15) is 9.59 Å². The molecule has 0 aromatic heterocycles. The lowest BCUT2D eigenvalue weighted by Gasteiger charge is -2.35. The zero-order valence-corrected chi connectivity index (χ0v) is 22.5. The van der Waals surface area contributed by atoms with E-state index >= 15 is 0 Å². The lowest BCUT2D eigenvalue weighted by Crippen LogP contribution is -2.41. The number of carbonyl (C=O) groups excluding carboxylic acids is 2. The largest absolute Gasteiger partial charge is 0.465 e. The second-order valence-corrected chi connectivity index (χ2v) is 13.5. The minimum absolute atomic E-state index is 0.101. The van der Waals surface area contributed by atoms with Crippen LogP contribution in [0.25, 0.3) is 0 Å². The number of hydrogen-bond acceptors (Lipinski definition) is 4. The van der Waals surface area contributed by atoms with Gasteiger partial charge in [-0.05, 0) is 117 Å². The highest BCUT2D eigenvalue weighted by Gasteiger charge is 2.61. The molecule has 4 unspecified atom stereocenters. The number of rotatable bonds is 8. The Hall–Kier alpha value is -1.06. The lowest BCUT2D eigenvalue weighted by atomic mass is 9.71. The van der Waals surface area contributed by atoms with Gasteiger partial charge in [0.1, 0.15) is 0 Å². The molecule has 194 valence electrons. The number of esters is 2. The van der Waals surface area contributed by atoms with E-state index in [1.54, 1.807) is 0 Å². The SMILES string of the molecule is CC(C)C1CCC(COC(=O)C2C3CCC(C)(C3)C2C(=O)OCC2CCC(C(C)C)CC2)CC1. The Morgan fingerprint density at radius 2 is 1.21 bits per heavy atom. The van der Waals surface area contributed by atoms with Crippen molar-refractivity contribution in [3.8, 4) is 0 Å². The Bertz CT molecular complexity index is 699. The van der Waals surface area contributed by atoms with Gasteiger partial charge < -0.3 is 9.47 Å². The predicted molar refractivity (Wildman–Crippen MR) is 135 cm³/mol. The summed E-state index contributed by atoms with van der Waals surface area (Å²) in [6.07, 6.45) is 12.7. The van der Waals surface area contributed by atoms with Crippen LogP contribution in [0, 0.1) is 58.7 Å². The van der Waals surface area contributed by atoms with Crippen LogP contribution in [0.2, 0.25) is 0 Å². The summed E-state index contributed by atoms with van der Waals surface area (Å²) in [7, 11) is 0. The number of ether oxygens (including phenoxy) is 2. The smallest absolute Gasteiger partial charge is 0.310 e. The van der Waals surface area contributed by atoms with E-state index in [0.29, 0.717) is 25.0 Å². The Balaban J connectivity index is 1.28. The first kappa shape index (κ1) is 26.0. The van der Waals surface area contributed by atoms with Crippen molar-refractivity contribution in [2.45, 2.75) is 105 Å². The summed E-state index contributed by atoms with van der Waals surface area (Å²) in [6.45, 7) is 12.5. The molecule has 4 heteroatoms. The first-order chi connectivity index (χ1) is 16.2. The Morgan fingerprint density at radius 1 is 0.735 bits per heavy atom. The quantitative estimate of drug-likeness (QED) is 0.354. The summed E-state index contributed by atoms with van der Waals surface area (Å²) < 4.78 is 11.9. The van der Waals surface area contributed by atoms with Gasteiger partial charge in [0.25, 0.3) is 0 Å². The molecule has 4 aliphatic rings. The van der Waals surface area contributed by atoms with Crippen LogP contribution in [0.3, 0.4) is 0 Å². The summed E-state index contributed by atoms with van der Waals surface area (Å²) in [4.78, 5) is 26.6. The van der Waals surface area contributed by atoms with E-state index in [-0.39, 0.29) is 35.1 Å². The number of hydrogen-bond donors (Lipinski definition) is 0. The lowest BCUT2D eigenvalue weighted by molar-refractivity contribution is -0.167. The molecule has 0 aromatic rings. The van der Waals surface area contributed by atoms with Gasteiger partial charge in [-0.1, -0.05) is 34.6 Å². The van der Waals surface area contributed by atoms with Crippen LogP contribution in [-0.4, -0.2) is 25.2 Å². The normalized spacial score (nSPS) is 40.0. The summed E-state index contributed by atoms with van der Waals surface area (Å²) >= 11 is 0. The summed E-state index contributed by atoms with van der Waals surface area (Å²) in [5.74, 6) is 3.51. The fraction of sp³-hybridized carbons (Fsp3) is 0.933. The number of fused-ring (bicyclic) bond motifs is 2. The van der Waals surface area contributed by atoms with Crippen molar-refractivity contribution in [2.75, 3.05) is 13.2 Å². The van der Waals surface area contributed by atoms with Crippen molar-refractivity contribution in [1.82, 2.24) is 0 Å². The fourth-order valence-electron chi connectivity index (χ4n) is 8.00. The molecule has 0 aliphatic heterocycles. The topological polar surface area (TPSA) is 52.6 Å². The monoisotopic (exact) mass is 474 g/mol. The van der Waals surface area contributed by atoms with Gasteiger partial charge in [0.2, 0.25) is 0 Å². The van der Waals surface area contributed by atoms with E-state index < -0.39 is 0 Å². The van der Waals surface area contributed by atoms with Crippen molar-refractivity contribution in [2.24, 2.45) is 58.7 Å². The third kappa shape index (κ3) is 5.67. The molecule has 0 radical (unpaired) electrons.